The van der Waals surface area contributed by atoms with E-state index >= 15 is 0 Å². The van der Waals surface area contributed by atoms with Gasteiger partial charge in [-0.2, -0.15) is 11.8 Å². The van der Waals surface area contributed by atoms with E-state index in [-0.39, 0.29) is 12.3 Å². The zero-order chi connectivity index (χ0) is 15.4. The second-order valence-corrected chi connectivity index (χ2v) is 5.73. The number of nitrogens with one attached hydrogen (secondary N) is 2. The summed E-state index contributed by atoms with van der Waals surface area (Å²) in [6.07, 6.45) is 2.49. The molecule has 21 heavy (non-hydrogen) atoms. The Morgan fingerprint density at radius 1 is 1.48 bits per heavy atom. The second-order valence-electron chi connectivity index (χ2n) is 4.74. The van der Waals surface area contributed by atoms with Crippen molar-refractivity contribution in [3.05, 3.63) is 29.3 Å². The Balaban J connectivity index is 2.07. The van der Waals surface area contributed by atoms with Crippen LogP contribution in [0, 0.1) is 0 Å². The van der Waals surface area contributed by atoms with Crippen LogP contribution in [0.2, 0.25) is 0 Å². The predicted octanol–water partition coefficient (Wildman–Crippen LogP) is 1.12. The van der Waals surface area contributed by atoms with Crippen molar-refractivity contribution in [3.8, 4) is 0 Å². The van der Waals surface area contributed by atoms with Crippen LogP contribution in [0.25, 0.3) is 0 Å². The number of carboxylic acid groups (broad SMARTS) is 1. The molecular weight excluding hydrogens is 292 g/mol. The topological polar surface area (TPSA) is 95.5 Å². The van der Waals surface area contributed by atoms with E-state index in [2.05, 4.69) is 10.6 Å². The van der Waals surface area contributed by atoms with Gasteiger partial charge in [-0.25, -0.2) is 4.79 Å². The lowest BCUT2D eigenvalue weighted by Crippen LogP contribution is -2.41. The van der Waals surface area contributed by atoms with E-state index in [4.69, 9.17) is 5.11 Å². The van der Waals surface area contributed by atoms with Gasteiger partial charge in [0.1, 0.15) is 6.04 Å². The number of aliphatic carboxylic acids is 1. The maximum absolute atomic E-state index is 12.1. The summed E-state index contributed by atoms with van der Waals surface area (Å²) in [4.78, 5) is 34.5. The maximum atomic E-state index is 12.1. The van der Waals surface area contributed by atoms with Crippen molar-refractivity contribution in [1.82, 2.24) is 5.32 Å². The molecule has 0 aliphatic carbocycles. The molecule has 2 amide bonds. The number of rotatable bonds is 6. The number of benzene rings is 1. The molecule has 0 saturated carbocycles. The monoisotopic (exact) mass is 308 g/mol. The highest BCUT2D eigenvalue weighted by atomic mass is 32.2. The average Bonchev–Trinajstić information content (AvgIpc) is 2.81. The van der Waals surface area contributed by atoms with Crippen molar-refractivity contribution in [3.63, 3.8) is 0 Å². The summed E-state index contributed by atoms with van der Waals surface area (Å²) < 4.78 is 0. The molecule has 1 aliphatic rings. The molecule has 7 heteroatoms. The Bertz CT molecular complexity index is 588. The molecule has 6 nitrogen and oxygen atoms in total. The van der Waals surface area contributed by atoms with Gasteiger partial charge in [-0.05, 0) is 42.2 Å². The Hall–Kier alpha value is -2.02. The minimum absolute atomic E-state index is 0.106. The lowest BCUT2D eigenvalue weighted by Gasteiger charge is -2.14. The van der Waals surface area contributed by atoms with Crippen LogP contribution < -0.4 is 10.6 Å². The summed E-state index contributed by atoms with van der Waals surface area (Å²) >= 11 is 1.53. The SMILES string of the molecule is CSCC[C@@H](NC(=O)c1ccc2c(c1)CC(=O)N2)C(=O)O. The zero-order valence-electron chi connectivity index (χ0n) is 11.5. The third-order valence-corrected chi connectivity index (χ3v) is 3.85. The Morgan fingerprint density at radius 3 is 2.90 bits per heavy atom. The van der Waals surface area contributed by atoms with Gasteiger partial charge in [0.25, 0.3) is 5.91 Å². The van der Waals surface area contributed by atoms with Crippen molar-refractivity contribution in [2.75, 3.05) is 17.3 Å². The largest absolute Gasteiger partial charge is 0.480 e. The quantitative estimate of drug-likeness (QED) is 0.732. The van der Waals surface area contributed by atoms with Gasteiger partial charge in [0.05, 0.1) is 6.42 Å². The van der Waals surface area contributed by atoms with Crippen LogP contribution in [0.1, 0.15) is 22.3 Å². The molecule has 1 aromatic carbocycles. The molecule has 1 aliphatic heterocycles. The van der Waals surface area contributed by atoms with Crippen molar-refractivity contribution in [2.24, 2.45) is 0 Å². The number of carbonyl (C=O) groups is 3. The summed E-state index contributed by atoms with van der Waals surface area (Å²) in [5.41, 5.74) is 1.82. The molecule has 2 rings (SSSR count). The normalized spacial score (nSPS) is 14.2. The molecular formula is C14H16N2O4S. The molecule has 3 N–H and O–H groups in total. The van der Waals surface area contributed by atoms with E-state index in [1.165, 1.54) is 11.8 Å². The second kappa shape index (κ2) is 6.62. The minimum atomic E-state index is -1.05. The van der Waals surface area contributed by atoms with Gasteiger partial charge >= 0.3 is 5.97 Å². The van der Waals surface area contributed by atoms with E-state index in [0.717, 1.165) is 5.56 Å². The Morgan fingerprint density at radius 2 is 2.24 bits per heavy atom. The van der Waals surface area contributed by atoms with Gasteiger partial charge in [0.15, 0.2) is 0 Å². The van der Waals surface area contributed by atoms with Gasteiger partial charge in [0.2, 0.25) is 5.91 Å². The first-order valence-electron chi connectivity index (χ1n) is 6.46. The zero-order valence-corrected chi connectivity index (χ0v) is 12.3. The van der Waals surface area contributed by atoms with Gasteiger partial charge in [-0.1, -0.05) is 0 Å². The van der Waals surface area contributed by atoms with Crippen LogP contribution in [-0.4, -0.2) is 40.9 Å². The van der Waals surface area contributed by atoms with E-state index < -0.39 is 17.9 Å². The van der Waals surface area contributed by atoms with Crippen LogP contribution in [0.15, 0.2) is 18.2 Å². The van der Waals surface area contributed by atoms with Crippen molar-refractivity contribution >= 4 is 35.2 Å². The van der Waals surface area contributed by atoms with E-state index in [9.17, 15) is 14.4 Å². The van der Waals surface area contributed by atoms with E-state index in [1.54, 1.807) is 18.2 Å². The molecule has 0 spiro atoms. The van der Waals surface area contributed by atoms with Crippen LogP contribution in [-0.2, 0) is 16.0 Å². The fourth-order valence-electron chi connectivity index (χ4n) is 2.11. The maximum Gasteiger partial charge on any atom is 0.326 e. The first-order chi connectivity index (χ1) is 10.0. The molecule has 0 bridgehead atoms. The van der Waals surface area contributed by atoms with Crippen molar-refractivity contribution in [2.45, 2.75) is 18.9 Å². The number of fused-ring (bicyclic) bond motifs is 1. The minimum Gasteiger partial charge on any atom is -0.480 e. The first-order valence-corrected chi connectivity index (χ1v) is 7.86. The molecule has 0 unspecified atom stereocenters. The Labute approximate surface area is 126 Å². The number of amides is 2. The highest BCUT2D eigenvalue weighted by Crippen LogP contribution is 2.23. The molecule has 0 radical (unpaired) electrons. The van der Waals surface area contributed by atoms with Crippen LogP contribution in [0.5, 0.6) is 0 Å². The highest BCUT2D eigenvalue weighted by Gasteiger charge is 2.22. The molecule has 1 atom stereocenters. The molecule has 112 valence electrons. The lowest BCUT2D eigenvalue weighted by molar-refractivity contribution is -0.139. The Kier molecular flexibility index (Phi) is 4.85. The number of carboxylic acids is 1. The van der Waals surface area contributed by atoms with Gasteiger partial charge < -0.3 is 15.7 Å². The summed E-state index contributed by atoms with van der Waals surface area (Å²) in [6.45, 7) is 0. The molecule has 1 aromatic rings. The summed E-state index contributed by atoms with van der Waals surface area (Å²) in [6, 6.07) is 3.95. The van der Waals surface area contributed by atoms with Crippen molar-refractivity contribution < 1.29 is 19.5 Å². The molecule has 0 fully saturated rings. The van der Waals surface area contributed by atoms with Crippen molar-refractivity contribution in [1.29, 1.82) is 0 Å². The first kappa shape index (κ1) is 15.4. The number of carbonyl (C=O) groups excluding carboxylic acids is 2. The third kappa shape index (κ3) is 3.75. The highest BCUT2D eigenvalue weighted by molar-refractivity contribution is 7.98. The van der Waals surface area contributed by atoms with Gasteiger partial charge in [-0.15, -0.1) is 0 Å². The summed E-state index contributed by atoms with van der Waals surface area (Å²) in [5, 5.41) is 14.3. The van der Waals surface area contributed by atoms with E-state index in [0.29, 0.717) is 23.4 Å². The lowest BCUT2D eigenvalue weighted by atomic mass is 10.1. The fourth-order valence-corrected chi connectivity index (χ4v) is 2.58. The van der Waals surface area contributed by atoms with Crippen LogP contribution >= 0.6 is 11.8 Å². The number of thioether (sulfide) groups is 1. The average molecular weight is 308 g/mol. The summed E-state index contributed by atoms with van der Waals surface area (Å²) in [7, 11) is 0. The molecule has 0 saturated heterocycles. The molecule has 0 aromatic heterocycles. The smallest absolute Gasteiger partial charge is 0.326 e. The molecule has 1 heterocycles. The number of anilines is 1. The fraction of sp³-hybridized carbons (Fsp3) is 0.357. The van der Waals surface area contributed by atoms with Crippen LogP contribution in [0.3, 0.4) is 0 Å². The summed E-state index contributed by atoms with van der Waals surface area (Å²) in [5.74, 6) is -0.938. The standard InChI is InChI=1S/C14H16N2O4S/c1-21-5-4-11(14(19)20)16-13(18)8-2-3-10-9(6-8)7-12(17)15-10/h2-3,6,11H,4-5,7H2,1H3,(H,15,17)(H,16,18)(H,19,20)/t11-/m1/s1. The number of hydrogen-bond acceptors (Lipinski definition) is 4. The van der Waals surface area contributed by atoms with Gasteiger partial charge in [-0.3, -0.25) is 9.59 Å². The van der Waals surface area contributed by atoms with Gasteiger partial charge in [0, 0.05) is 11.3 Å². The number of hydrogen-bond donors (Lipinski definition) is 3. The predicted molar refractivity (Wildman–Crippen MR) is 80.7 cm³/mol. The van der Waals surface area contributed by atoms with E-state index in [1.807, 2.05) is 6.26 Å². The van der Waals surface area contributed by atoms with Crippen LogP contribution in [0.4, 0.5) is 5.69 Å². The third-order valence-electron chi connectivity index (χ3n) is 3.21.